The standard InChI is InChI=1S/C10H9ClN2/c11-13-10-5-4-8-7(6-12)2-1-3-9(8)10/h1-3,10,13H,4-5H2/t10-/m1/s1. The predicted octanol–water partition coefficient (Wildman–Crippen LogP) is 2.29. The molecule has 0 heterocycles. The van der Waals surface area contributed by atoms with Gasteiger partial charge >= 0.3 is 0 Å². The molecule has 0 amide bonds. The second-order valence-corrected chi connectivity index (χ2v) is 3.40. The van der Waals surface area contributed by atoms with Gasteiger partial charge in [-0.3, -0.25) is 0 Å². The SMILES string of the molecule is N#Cc1cccc2c1CC[C@H]2NCl. The van der Waals surface area contributed by atoms with Gasteiger partial charge in [0.05, 0.1) is 11.6 Å². The first-order valence-corrected chi connectivity index (χ1v) is 4.62. The molecular weight excluding hydrogens is 184 g/mol. The summed E-state index contributed by atoms with van der Waals surface area (Å²) in [7, 11) is 0. The summed E-state index contributed by atoms with van der Waals surface area (Å²) in [5, 5.41) is 8.86. The number of hydrogen-bond donors (Lipinski definition) is 1. The Labute approximate surface area is 82.2 Å². The van der Waals surface area contributed by atoms with Gasteiger partial charge in [0.25, 0.3) is 0 Å². The third kappa shape index (κ3) is 1.31. The van der Waals surface area contributed by atoms with Crippen molar-refractivity contribution >= 4 is 11.8 Å². The molecule has 13 heavy (non-hydrogen) atoms. The first-order chi connectivity index (χ1) is 6.36. The molecule has 66 valence electrons. The van der Waals surface area contributed by atoms with Crippen LogP contribution in [0.1, 0.15) is 29.2 Å². The van der Waals surface area contributed by atoms with Crippen LogP contribution in [-0.4, -0.2) is 0 Å². The molecule has 0 unspecified atom stereocenters. The van der Waals surface area contributed by atoms with Gasteiger partial charge in [0, 0.05) is 6.04 Å². The number of benzene rings is 1. The Bertz CT molecular complexity index is 368. The zero-order valence-electron chi connectivity index (χ0n) is 7.05. The maximum Gasteiger partial charge on any atom is 0.0994 e. The van der Waals surface area contributed by atoms with Crippen LogP contribution < -0.4 is 4.84 Å². The van der Waals surface area contributed by atoms with E-state index >= 15 is 0 Å². The highest BCUT2D eigenvalue weighted by Gasteiger charge is 2.23. The van der Waals surface area contributed by atoms with Crippen molar-refractivity contribution in [3.63, 3.8) is 0 Å². The van der Waals surface area contributed by atoms with E-state index in [0.717, 1.165) is 24.0 Å². The van der Waals surface area contributed by atoms with Gasteiger partial charge in [0.1, 0.15) is 0 Å². The molecule has 0 saturated carbocycles. The Hall–Kier alpha value is -1.04. The highest BCUT2D eigenvalue weighted by Crippen LogP contribution is 2.33. The van der Waals surface area contributed by atoms with E-state index in [4.69, 9.17) is 17.0 Å². The van der Waals surface area contributed by atoms with E-state index in [9.17, 15) is 0 Å². The van der Waals surface area contributed by atoms with Gasteiger partial charge in [0.15, 0.2) is 0 Å². The lowest BCUT2D eigenvalue weighted by Crippen LogP contribution is -2.06. The monoisotopic (exact) mass is 192 g/mol. The van der Waals surface area contributed by atoms with Gasteiger partial charge < -0.3 is 0 Å². The molecule has 1 aromatic carbocycles. The Morgan fingerprint density at radius 2 is 2.38 bits per heavy atom. The summed E-state index contributed by atoms with van der Waals surface area (Å²) in [4.78, 5) is 2.73. The molecule has 2 rings (SSSR count). The molecule has 1 aliphatic rings. The number of nitriles is 1. The Morgan fingerprint density at radius 3 is 3.08 bits per heavy atom. The van der Waals surface area contributed by atoms with E-state index in [1.165, 1.54) is 5.56 Å². The molecule has 0 aliphatic heterocycles. The van der Waals surface area contributed by atoms with Crippen molar-refractivity contribution < 1.29 is 0 Å². The van der Waals surface area contributed by atoms with Crippen LogP contribution in [0.15, 0.2) is 18.2 Å². The zero-order chi connectivity index (χ0) is 9.26. The maximum absolute atomic E-state index is 8.86. The molecule has 3 heteroatoms. The summed E-state index contributed by atoms with van der Waals surface area (Å²) >= 11 is 5.60. The second-order valence-electron chi connectivity index (χ2n) is 3.19. The Balaban J connectivity index is 2.50. The quantitative estimate of drug-likeness (QED) is 0.693. The van der Waals surface area contributed by atoms with E-state index in [0.29, 0.717) is 0 Å². The van der Waals surface area contributed by atoms with Crippen LogP contribution >= 0.6 is 11.8 Å². The minimum atomic E-state index is 0.213. The minimum absolute atomic E-state index is 0.213. The van der Waals surface area contributed by atoms with Crippen LogP contribution in [0.5, 0.6) is 0 Å². The lowest BCUT2D eigenvalue weighted by atomic mass is 10.0. The van der Waals surface area contributed by atoms with Crippen molar-refractivity contribution in [3.8, 4) is 6.07 Å². The molecule has 0 aromatic heterocycles. The number of nitrogens with one attached hydrogen (secondary N) is 1. The molecule has 1 atom stereocenters. The van der Waals surface area contributed by atoms with Crippen molar-refractivity contribution in [3.05, 3.63) is 34.9 Å². The molecule has 0 radical (unpaired) electrons. The van der Waals surface area contributed by atoms with Gasteiger partial charge in [-0.15, -0.1) is 0 Å². The van der Waals surface area contributed by atoms with E-state index in [1.54, 1.807) is 0 Å². The summed E-state index contributed by atoms with van der Waals surface area (Å²) in [5.74, 6) is 0. The van der Waals surface area contributed by atoms with Crippen LogP contribution in [0.3, 0.4) is 0 Å². The fourth-order valence-corrected chi connectivity index (χ4v) is 2.10. The smallest absolute Gasteiger partial charge is 0.0994 e. The molecular formula is C10H9ClN2. The summed E-state index contributed by atoms with van der Waals surface area (Å²) in [6.45, 7) is 0. The number of halogens is 1. The van der Waals surface area contributed by atoms with Gasteiger partial charge in [-0.25, -0.2) is 4.84 Å². The summed E-state index contributed by atoms with van der Waals surface area (Å²) in [5.41, 5.74) is 3.11. The Kier molecular flexibility index (Phi) is 2.22. The fourth-order valence-electron chi connectivity index (χ4n) is 1.87. The molecule has 1 N–H and O–H groups in total. The lowest BCUT2D eigenvalue weighted by molar-refractivity contribution is 0.660. The third-order valence-electron chi connectivity index (χ3n) is 2.52. The van der Waals surface area contributed by atoms with Crippen LogP contribution in [0.25, 0.3) is 0 Å². The van der Waals surface area contributed by atoms with Crippen LogP contribution in [0.4, 0.5) is 0 Å². The predicted molar refractivity (Wildman–Crippen MR) is 51.2 cm³/mol. The van der Waals surface area contributed by atoms with Crippen LogP contribution in [0, 0.1) is 11.3 Å². The van der Waals surface area contributed by atoms with Crippen molar-refractivity contribution in [2.45, 2.75) is 18.9 Å². The van der Waals surface area contributed by atoms with Crippen molar-refractivity contribution in [1.29, 1.82) is 5.26 Å². The van der Waals surface area contributed by atoms with Crippen molar-refractivity contribution in [2.24, 2.45) is 0 Å². The fraction of sp³-hybridized carbons (Fsp3) is 0.300. The van der Waals surface area contributed by atoms with Gasteiger partial charge in [-0.2, -0.15) is 5.26 Å². The third-order valence-corrected chi connectivity index (χ3v) is 2.79. The molecule has 1 aromatic rings. The van der Waals surface area contributed by atoms with Crippen molar-refractivity contribution in [1.82, 2.24) is 4.84 Å². The van der Waals surface area contributed by atoms with Gasteiger partial charge in [-0.05, 0) is 41.8 Å². The molecule has 0 fully saturated rings. The summed E-state index contributed by atoms with van der Waals surface area (Å²) in [6.07, 6.45) is 1.93. The topological polar surface area (TPSA) is 35.8 Å². The van der Waals surface area contributed by atoms with Gasteiger partial charge in [-0.1, -0.05) is 12.1 Å². The lowest BCUT2D eigenvalue weighted by Gasteiger charge is -2.07. The first kappa shape index (κ1) is 8.55. The number of hydrogen-bond acceptors (Lipinski definition) is 2. The van der Waals surface area contributed by atoms with Gasteiger partial charge in [0.2, 0.25) is 0 Å². The van der Waals surface area contributed by atoms with Crippen LogP contribution in [0.2, 0.25) is 0 Å². The Morgan fingerprint density at radius 1 is 1.54 bits per heavy atom. The normalized spacial score (nSPS) is 19.5. The second kappa shape index (κ2) is 3.37. The number of rotatable bonds is 1. The van der Waals surface area contributed by atoms with E-state index in [-0.39, 0.29) is 6.04 Å². The van der Waals surface area contributed by atoms with E-state index in [2.05, 4.69) is 10.9 Å². The molecule has 0 bridgehead atoms. The number of fused-ring (bicyclic) bond motifs is 1. The summed E-state index contributed by atoms with van der Waals surface area (Å²) in [6, 6.07) is 8.21. The minimum Gasteiger partial charge on any atom is -0.226 e. The average Bonchev–Trinajstić information content (AvgIpc) is 2.60. The number of nitrogens with zero attached hydrogens (tertiary/aromatic N) is 1. The van der Waals surface area contributed by atoms with E-state index < -0.39 is 0 Å². The molecule has 1 aliphatic carbocycles. The first-order valence-electron chi connectivity index (χ1n) is 4.25. The largest absolute Gasteiger partial charge is 0.226 e. The van der Waals surface area contributed by atoms with E-state index in [1.807, 2.05) is 18.2 Å². The molecule has 0 saturated heterocycles. The zero-order valence-corrected chi connectivity index (χ0v) is 7.80. The van der Waals surface area contributed by atoms with Crippen LogP contribution in [-0.2, 0) is 6.42 Å². The average molecular weight is 193 g/mol. The molecule has 0 spiro atoms. The van der Waals surface area contributed by atoms with Crippen molar-refractivity contribution in [2.75, 3.05) is 0 Å². The maximum atomic E-state index is 8.86. The molecule has 2 nitrogen and oxygen atoms in total. The highest BCUT2D eigenvalue weighted by molar-refractivity contribution is 6.13. The highest BCUT2D eigenvalue weighted by atomic mass is 35.5. The summed E-state index contributed by atoms with van der Waals surface area (Å²) < 4.78 is 0.